The topological polar surface area (TPSA) is 62.7 Å². The number of anilines is 1. The molecule has 2 aromatic rings. The molecule has 0 radical (unpaired) electrons. The van der Waals surface area contributed by atoms with Gasteiger partial charge in [0.15, 0.2) is 18.2 Å². The molecule has 6 nitrogen and oxygen atoms in total. The number of ether oxygens (including phenoxy) is 1. The summed E-state index contributed by atoms with van der Waals surface area (Å²) in [5.74, 6) is 0.601. The Kier molecular flexibility index (Phi) is 5.84. The lowest BCUT2D eigenvalue weighted by molar-refractivity contribution is -0.132. The molecule has 2 amide bonds. The van der Waals surface area contributed by atoms with Crippen molar-refractivity contribution < 1.29 is 14.3 Å². The lowest BCUT2D eigenvalue weighted by Crippen LogP contribution is -2.46. The molecular weight excluding hydrogens is 330 g/mol. The first-order valence-corrected chi connectivity index (χ1v) is 8.89. The quantitative estimate of drug-likeness (QED) is 0.768. The normalized spacial score (nSPS) is 13.1. The maximum Gasteiger partial charge on any atom is 0.266 e. The highest BCUT2D eigenvalue weighted by atomic mass is 16.5. The van der Waals surface area contributed by atoms with E-state index in [0.717, 1.165) is 18.4 Å². The summed E-state index contributed by atoms with van der Waals surface area (Å²) in [6.07, 6.45) is 3.51. The van der Waals surface area contributed by atoms with E-state index in [2.05, 4.69) is 11.9 Å². The summed E-state index contributed by atoms with van der Waals surface area (Å²) in [7, 11) is 0. The zero-order valence-electron chi connectivity index (χ0n) is 14.9. The molecule has 1 aromatic heterocycles. The Balaban J connectivity index is 1.75. The molecule has 2 heterocycles. The molecule has 1 aromatic carbocycles. The average molecular weight is 353 g/mol. The third kappa shape index (κ3) is 4.20. The van der Waals surface area contributed by atoms with Crippen LogP contribution in [0.3, 0.4) is 0 Å². The van der Waals surface area contributed by atoms with Gasteiger partial charge in [-0.05, 0) is 24.1 Å². The van der Waals surface area contributed by atoms with E-state index in [1.807, 2.05) is 35.2 Å². The van der Waals surface area contributed by atoms with Gasteiger partial charge in [-0.25, -0.2) is 4.98 Å². The number of carbonyl (C=O) groups is 2. The first kappa shape index (κ1) is 17.9. The van der Waals surface area contributed by atoms with E-state index in [0.29, 0.717) is 24.7 Å². The van der Waals surface area contributed by atoms with Gasteiger partial charge in [0.05, 0.1) is 0 Å². The fourth-order valence-corrected chi connectivity index (χ4v) is 2.88. The standard InChI is InChI=1S/C20H23N3O3/c1-2-3-12-22(13-16-8-5-4-6-9-16)18(24)14-23-19(25)15-26-17-10-7-11-21-20(17)23/h4-11H,2-3,12-15H2,1H3. The smallest absolute Gasteiger partial charge is 0.266 e. The van der Waals surface area contributed by atoms with E-state index in [4.69, 9.17) is 4.74 Å². The van der Waals surface area contributed by atoms with Crippen LogP contribution in [0.1, 0.15) is 25.3 Å². The maximum atomic E-state index is 12.9. The van der Waals surface area contributed by atoms with Gasteiger partial charge in [0.2, 0.25) is 5.91 Å². The maximum absolute atomic E-state index is 12.9. The Labute approximate surface area is 153 Å². The Morgan fingerprint density at radius 1 is 1.23 bits per heavy atom. The fourth-order valence-electron chi connectivity index (χ4n) is 2.88. The predicted octanol–water partition coefficient (Wildman–Crippen LogP) is 2.64. The molecule has 0 saturated carbocycles. The van der Waals surface area contributed by atoms with Gasteiger partial charge >= 0.3 is 0 Å². The number of pyridine rings is 1. The monoisotopic (exact) mass is 353 g/mol. The molecule has 0 bridgehead atoms. The van der Waals surface area contributed by atoms with E-state index < -0.39 is 0 Å². The molecule has 0 fully saturated rings. The van der Waals surface area contributed by atoms with Crippen LogP contribution in [0.25, 0.3) is 0 Å². The van der Waals surface area contributed by atoms with Crippen LogP contribution in [0.2, 0.25) is 0 Å². The van der Waals surface area contributed by atoms with Crippen molar-refractivity contribution in [2.75, 3.05) is 24.6 Å². The summed E-state index contributed by atoms with van der Waals surface area (Å²) in [5.41, 5.74) is 1.07. The number of aromatic nitrogens is 1. The minimum Gasteiger partial charge on any atom is -0.480 e. The van der Waals surface area contributed by atoms with Crippen molar-refractivity contribution in [3.63, 3.8) is 0 Å². The van der Waals surface area contributed by atoms with Gasteiger partial charge in [-0.15, -0.1) is 0 Å². The average Bonchev–Trinajstić information content (AvgIpc) is 2.68. The SMILES string of the molecule is CCCCN(Cc1ccccc1)C(=O)CN1C(=O)COc2cccnc21. The molecule has 6 heteroatoms. The van der Waals surface area contributed by atoms with Crippen molar-refractivity contribution in [1.82, 2.24) is 9.88 Å². The summed E-state index contributed by atoms with van der Waals surface area (Å²) in [4.78, 5) is 32.7. The van der Waals surface area contributed by atoms with Crippen LogP contribution >= 0.6 is 0 Å². The first-order valence-electron chi connectivity index (χ1n) is 8.89. The van der Waals surface area contributed by atoms with Crippen molar-refractivity contribution in [2.45, 2.75) is 26.3 Å². The molecule has 3 rings (SSSR count). The van der Waals surface area contributed by atoms with Gasteiger partial charge in [0.1, 0.15) is 6.54 Å². The second kappa shape index (κ2) is 8.47. The van der Waals surface area contributed by atoms with Crippen molar-refractivity contribution in [1.29, 1.82) is 0 Å². The summed E-state index contributed by atoms with van der Waals surface area (Å²) in [6, 6.07) is 13.4. The largest absolute Gasteiger partial charge is 0.480 e. The number of benzene rings is 1. The second-order valence-corrected chi connectivity index (χ2v) is 6.25. The van der Waals surface area contributed by atoms with Crippen molar-refractivity contribution in [2.24, 2.45) is 0 Å². The molecule has 26 heavy (non-hydrogen) atoms. The molecule has 1 aliphatic rings. The zero-order chi connectivity index (χ0) is 18.4. The number of hydrogen-bond donors (Lipinski definition) is 0. The Hall–Kier alpha value is -2.89. The van der Waals surface area contributed by atoms with Crippen molar-refractivity contribution in [3.05, 3.63) is 54.2 Å². The van der Waals surface area contributed by atoms with E-state index in [1.165, 1.54) is 4.90 Å². The number of fused-ring (bicyclic) bond motifs is 1. The minimum absolute atomic E-state index is 0.0250. The van der Waals surface area contributed by atoms with E-state index in [9.17, 15) is 9.59 Å². The van der Waals surface area contributed by atoms with E-state index in [1.54, 1.807) is 18.3 Å². The molecule has 1 aliphatic heterocycles. The summed E-state index contributed by atoms with van der Waals surface area (Å²) in [5, 5.41) is 0. The van der Waals surface area contributed by atoms with Crippen LogP contribution in [0.15, 0.2) is 48.7 Å². The van der Waals surface area contributed by atoms with Crippen LogP contribution in [-0.4, -0.2) is 41.4 Å². The molecular formula is C20H23N3O3. The second-order valence-electron chi connectivity index (χ2n) is 6.25. The number of rotatable bonds is 7. The number of unbranched alkanes of at least 4 members (excludes halogenated alkanes) is 1. The molecule has 0 unspecified atom stereocenters. The zero-order valence-corrected chi connectivity index (χ0v) is 14.9. The molecule has 0 spiro atoms. The first-order chi connectivity index (χ1) is 12.7. The third-order valence-corrected chi connectivity index (χ3v) is 4.30. The Morgan fingerprint density at radius 3 is 2.81 bits per heavy atom. The highest BCUT2D eigenvalue weighted by Crippen LogP contribution is 2.28. The molecule has 0 N–H and O–H groups in total. The van der Waals surface area contributed by atoms with Gasteiger partial charge in [0.25, 0.3) is 5.91 Å². The molecule has 0 atom stereocenters. The number of hydrogen-bond acceptors (Lipinski definition) is 4. The molecule has 0 aliphatic carbocycles. The number of nitrogens with zero attached hydrogens (tertiary/aromatic N) is 3. The Morgan fingerprint density at radius 2 is 2.04 bits per heavy atom. The van der Waals surface area contributed by atoms with Crippen LogP contribution in [-0.2, 0) is 16.1 Å². The lowest BCUT2D eigenvalue weighted by atomic mass is 10.2. The van der Waals surface area contributed by atoms with Crippen LogP contribution < -0.4 is 9.64 Å². The lowest BCUT2D eigenvalue weighted by Gasteiger charge is -2.30. The highest BCUT2D eigenvalue weighted by Gasteiger charge is 2.29. The fraction of sp³-hybridized carbons (Fsp3) is 0.350. The summed E-state index contributed by atoms with van der Waals surface area (Å²) >= 11 is 0. The highest BCUT2D eigenvalue weighted by molar-refractivity contribution is 6.01. The van der Waals surface area contributed by atoms with Crippen LogP contribution in [0.4, 0.5) is 5.82 Å². The van der Waals surface area contributed by atoms with Crippen molar-refractivity contribution in [3.8, 4) is 5.75 Å². The van der Waals surface area contributed by atoms with Crippen molar-refractivity contribution >= 4 is 17.6 Å². The van der Waals surface area contributed by atoms with E-state index >= 15 is 0 Å². The van der Waals surface area contributed by atoms with E-state index in [-0.39, 0.29) is 25.0 Å². The van der Waals surface area contributed by atoms with Gasteiger partial charge in [-0.2, -0.15) is 0 Å². The van der Waals surface area contributed by atoms with Gasteiger partial charge in [-0.3, -0.25) is 14.5 Å². The number of carbonyl (C=O) groups excluding carboxylic acids is 2. The molecule has 0 saturated heterocycles. The predicted molar refractivity (Wildman–Crippen MR) is 98.9 cm³/mol. The number of amides is 2. The van der Waals surface area contributed by atoms with Gasteiger partial charge < -0.3 is 9.64 Å². The van der Waals surface area contributed by atoms with Gasteiger partial charge in [0, 0.05) is 19.3 Å². The minimum atomic E-state index is -0.250. The summed E-state index contributed by atoms with van der Waals surface area (Å²) in [6.45, 7) is 3.20. The Bertz CT molecular complexity index is 764. The molecule has 136 valence electrons. The van der Waals surface area contributed by atoms with Gasteiger partial charge in [-0.1, -0.05) is 43.7 Å². The third-order valence-electron chi connectivity index (χ3n) is 4.30. The summed E-state index contributed by atoms with van der Waals surface area (Å²) < 4.78 is 5.39. The van der Waals surface area contributed by atoms with Crippen LogP contribution in [0, 0.1) is 0 Å². The van der Waals surface area contributed by atoms with Crippen LogP contribution in [0.5, 0.6) is 5.75 Å².